The van der Waals surface area contributed by atoms with Gasteiger partial charge >= 0.3 is 11.4 Å². The van der Waals surface area contributed by atoms with Gasteiger partial charge in [0.15, 0.2) is 5.82 Å². The smallest absolute Gasteiger partial charge is 0.329 e. The number of hydrogen-bond donors (Lipinski definition) is 3. The first-order chi connectivity index (χ1) is 31.3. The molecule has 2 aromatic heterocycles. The van der Waals surface area contributed by atoms with Crippen molar-refractivity contribution in [3.8, 4) is 0 Å². The second-order valence-electron chi connectivity index (χ2n) is 18.7. The van der Waals surface area contributed by atoms with Crippen LogP contribution in [0.2, 0.25) is 10.0 Å². The largest absolute Gasteiger partial charge is 0.344 e. The highest BCUT2D eigenvalue weighted by molar-refractivity contribution is 6.62. The lowest BCUT2D eigenvalue weighted by atomic mass is 9.84. The Morgan fingerprint density at radius 3 is 1.63 bits per heavy atom. The molecule has 2 aliphatic carbocycles. The number of amides is 4. The predicted octanol–water partition coefficient (Wildman–Crippen LogP) is 9.85. The van der Waals surface area contributed by atoms with E-state index < -0.39 is 0 Å². The zero-order valence-electron chi connectivity index (χ0n) is 37.5. The predicted molar refractivity (Wildman–Crippen MR) is 255 cm³/mol. The number of aromatic amines is 1. The first-order valence-electron chi connectivity index (χ1n) is 23.2. The van der Waals surface area contributed by atoms with E-state index in [-0.39, 0.29) is 34.3 Å². The van der Waals surface area contributed by atoms with Crippen molar-refractivity contribution in [3.05, 3.63) is 93.2 Å². The van der Waals surface area contributed by atoms with Crippen LogP contribution in [-0.4, -0.2) is 113 Å². The number of rotatable bonds is 8. The highest BCUT2D eigenvalue weighted by atomic mass is 35.5. The SMILES string of the molecule is CC(=O)Nc1ccn(C(=O)N2CCC3(CCCN3Cc3ccc(Cl)c(C4CC4)c3)CC2)n1.CC(=O)Nc1ccn[nH]1.O=C(Cl)N1CCC2(CCCN2Cc2ccc(Cl)c(C3CC3)c2)CC1. The Morgan fingerprint density at radius 1 is 0.677 bits per heavy atom. The van der Waals surface area contributed by atoms with Gasteiger partial charge < -0.3 is 20.4 Å². The fourth-order valence-electron chi connectivity index (χ4n) is 10.4. The highest BCUT2D eigenvalue weighted by Crippen LogP contribution is 2.46. The summed E-state index contributed by atoms with van der Waals surface area (Å²) in [6, 6.07) is 16.3. The van der Waals surface area contributed by atoms with Crippen LogP contribution in [0.4, 0.5) is 21.2 Å². The van der Waals surface area contributed by atoms with E-state index in [0.717, 1.165) is 88.1 Å². The van der Waals surface area contributed by atoms with Crippen LogP contribution in [0.15, 0.2) is 60.9 Å². The Morgan fingerprint density at radius 2 is 1.18 bits per heavy atom. The Bertz CT molecular complexity index is 2310. The van der Waals surface area contributed by atoms with Crippen LogP contribution in [0.25, 0.3) is 0 Å². The number of piperidine rings is 2. The summed E-state index contributed by atoms with van der Waals surface area (Å²) in [4.78, 5) is 54.8. The Kier molecular flexibility index (Phi) is 14.9. The zero-order chi connectivity index (χ0) is 45.7. The van der Waals surface area contributed by atoms with Crippen LogP contribution in [0.3, 0.4) is 0 Å². The summed E-state index contributed by atoms with van der Waals surface area (Å²) in [5.41, 5.74) is 5.79. The quantitative estimate of drug-likeness (QED) is 0.117. The molecule has 17 heteroatoms. The molecular weight excluding hydrogens is 887 g/mol. The van der Waals surface area contributed by atoms with Crippen molar-refractivity contribution in [2.24, 2.45) is 0 Å². The van der Waals surface area contributed by atoms with Crippen LogP contribution >= 0.6 is 34.8 Å². The van der Waals surface area contributed by atoms with E-state index in [2.05, 4.69) is 72.1 Å². The van der Waals surface area contributed by atoms with Gasteiger partial charge in [-0.05, 0) is 148 Å². The number of carbonyl (C=O) groups excluding carboxylic acids is 4. The number of aromatic nitrogens is 4. The third-order valence-electron chi connectivity index (χ3n) is 14.2. The van der Waals surface area contributed by atoms with E-state index in [9.17, 15) is 19.2 Å². The maximum atomic E-state index is 12.9. The number of nitrogens with one attached hydrogen (secondary N) is 3. The number of H-pyrrole nitrogens is 1. The van der Waals surface area contributed by atoms with Crippen LogP contribution in [0, 0.1) is 0 Å². The van der Waals surface area contributed by atoms with Crippen molar-refractivity contribution in [2.75, 3.05) is 49.9 Å². The summed E-state index contributed by atoms with van der Waals surface area (Å²) >= 11 is 18.5. The lowest BCUT2D eigenvalue weighted by molar-refractivity contribution is -0.115. The first kappa shape index (κ1) is 47.0. The number of benzene rings is 2. The molecule has 0 radical (unpaired) electrons. The molecule has 6 fully saturated rings. The number of hydrogen-bond acceptors (Lipinski definition) is 8. The van der Waals surface area contributed by atoms with Crippen molar-refractivity contribution >= 4 is 69.7 Å². The average Bonchev–Trinajstić information content (AvgIpc) is 4.13. The van der Waals surface area contributed by atoms with Gasteiger partial charge in [-0.1, -0.05) is 47.5 Å². The minimum Gasteiger partial charge on any atom is -0.329 e. The van der Waals surface area contributed by atoms with Crippen LogP contribution in [0.5, 0.6) is 0 Å². The second kappa shape index (κ2) is 20.6. The highest BCUT2D eigenvalue weighted by Gasteiger charge is 2.45. The molecule has 4 amide bonds. The molecule has 14 nitrogen and oxygen atoms in total. The van der Waals surface area contributed by atoms with Crippen molar-refractivity contribution < 1.29 is 19.2 Å². The zero-order valence-corrected chi connectivity index (χ0v) is 39.7. The van der Waals surface area contributed by atoms with Crippen LogP contribution in [0.1, 0.15) is 125 Å². The third kappa shape index (κ3) is 11.7. The second-order valence-corrected chi connectivity index (χ2v) is 19.9. The molecule has 6 aliphatic rings. The van der Waals surface area contributed by atoms with E-state index in [0.29, 0.717) is 23.5 Å². The van der Waals surface area contributed by atoms with Gasteiger partial charge in [-0.25, -0.2) is 4.79 Å². The number of nitrogens with zero attached hydrogens (tertiary/aromatic N) is 7. The molecule has 4 aromatic rings. The molecule has 0 bridgehead atoms. The van der Waals surface area contributed by atoms with Crippen molar-refractivity contribution in [1.29, 1.82) is 0 Å². The van der Waals surface area contributed by atoms with E-state index in [1.165, 1.54) is 92.1 Å². The maximum absolute atomic E-state index is 12.9. The van der Waals surface area contributed by atoms with E-state index in [1.807, 2.05) is 4.90 Å². The van der Waals surface area contributed by atoms with Gasteiger partial charge in [-0.2, -0.15) is 9.78 Å². The minimum atomic E-state index is -0.304. The van der Waals surface area contributed by atoms with Crippen LogP contribution < -0.4 is 10.6 Å². The number of halogens is 3. The topological polar surface area (TPSA) is 152 Å². The minimum absolute atomic E-state index is 0.0979. The normalized spacial score (nSPS) is 20.2. The molecule has 65 heavy (non-hydrogen) atoms. The monoisotopic (exact) mass is 946 g/mol. The maximum Gasteiger partial charge on any atom is 0.344 e. The molecule has 2 saturated carbocycles. The molecule has 0 atom stereocenters. The van der Waals surface area contributed by atoms with Crippen molar-refractivity contribution in [2.45, 2.75) is 127 Å². The van der Waals surface area contributed by atoms with E-state index in [4.69, 9.17) is 34.8 Å². The lowest BCUT2D eigenvalue weighted by Gasteiger charge is -2.45. The summed E-state index contributed by atoms with van der Waals surface area (Å²) in [7, 11) is 0. The molecule has 0 unspecified atom stereocenters. The summed E-state index contributed by atoms with van der Waals surface area (Å²) < 4.78 is 1.32. The Balaban J connectivity index is 0.000000153. The molecule has 3 N–H and O–H groups in total. The van der Waals surface area contributed by atoms with Gasteiger partial charge in [0, 0.05) is 92.6 Å². The Labute approximate surface area is 396 Å². The molecule has 6 heterocycles. The summed E-state index contributed by atoms with van der Waals surface area (Å²) in [5, 5.41) is 17.1. The fraction of sp³-hybridized carbons (Fsp3) is 0.542. The van der Waals surface area contributed by atoms with Gasteiger partial charge in [-0.15, -0.1) is 5.10 Å². The molecule has 348 valence electrons. The van der Waals surface area contributed by atoms with Gasteiger partial charge in [0.2, 0.25) is 11.8 Å². The number of likely N-dealkylation sites (tertiary alicyclic amines) is 4. The van der Waals surface area contributed by atoms with Gasteiger partial charge in [0.05, 0.1) is 6.20 Å². The molecule has 4 saturated heterocycles. The van der Waals surface area contributed by atoms with E-state index >= 15 is 0 Å². The summed E-state index contributed by atoms with van der Waals surface area (Å²) in [5.74, 6) is 2.06. The average molecular weight is 948 g/mol. The molecule has 2 spiro atoms. The molecule has 2 aromatic carbocycles. The fourth-order valence-corrected chi connectivity index (χ4v) is 11.1. The molecule has 4 aliphatic heterocycles. The number of carbonyl (C=O) groups is 4. The molecular formula is C48H61Cl3N10O4. The van der Waals surface area contributed by atoms with Crippen LogP contribution in [-0.2, 0) is 22.7 Å². The summed E-state index contributed by atoms with van der Waals surface area (Å²) in [6.45, 7) is 10.1. The lowest BCUT2D eigenvalue weighted by Crippen LogP contribution is -2.53. The van der Waals surface area contributed by atoms with Gasteiger partial charge in [0.25, 0.3) is 0 Å². The van der Waals surface area contributed by atoms with Crippen molar-refractivity contribution in [1.82, 2.24) is 39.6 Å². The van der Waals surface area contributed by atoms with Gasteiger partial charge in [0.1, 0.15) is 5.82 Å². The molecule has 10 rings (SSSR count). The first-order valence-corrected chi connectivity index (χ1v) is 24.3. The van der Waals surface area contributed by atoms with Gasteiger partial charge in [-0.3, -0.25) is 29.3 Å². The van der Waals surface area contributed by atoms with E-state index in [1.54, 1.807) is 29.4 Å². The standard InChI is InChI=1S/C24H30ClN5O2.C19H24Cl2N2O.C5H7N3O/c1-17(31)26-22-7-12-30(27-22)23(32)28-13-9-24(10-14-28)8-2-11-29(24)16-18-3-6-21(25)20(15-18)19-4-5-19;20-17-5-2-14(12-16(17)15-3-4-15)13-23-9-1-6-19(23)7-10-22(11-8-19)18(21)24;1-4(9)7-5-2-3-6-8-5/h3,6-7,12,15,19H,2,4-5,8-11,13-14,16H2,1H3,(H,26,27,31);2,5,12,15H,1,3-4,6-11,13H2;2-3H,1H3,(H2,6,7,8,9). The third-order valence-corrected chi connectivity index (χ3v) is 15.1. The summed E-state index contributed by atoms with van der Waals surface area (Å²) in [6.07, 6.45) is 17.1. The van der Waals surface area contributed by atoms with Crippen molar-refractivity contribution in [3.63, 3.8) is 0 Å². The Hall–Kier alpha value is -4.47. The number of anilines is 2.